The van der Waals surface area contributed by atoms with Gasteiger partial charge in [-0.25, -0.2) is 0 Å². The Labute approximate surface area is 125 Å². The Bertz CT molecular complexity index is 578. The van der Waals surface area contributed by atoms with Crippen LogP contribution >= 0.6 is 0 Å². The third-order valence-electron chi connectivity index (χ3n) is 4.17. The predicted octanol–water partition coefficient (Wildman–Crippen LogP) is 3.78. The largest absolute Gasteiger partial charge is 0.509 e. The van der Waals surface area contributed by atoms with Crippen molar-refractivity contribution in [2.75, 3.05) is 7.11 Å². The van der Waals surface area contributed by atoms with Gasteiger partial charge >= 0.3 is 0 Å². The third kappa shape index (κ3) is 2.54. The highest BCUT2D eigenvalue weighted by Crippen LogP contribution is 2.45. The molecule has 0 heterocycles. The van der Waals surface area contributed by atoms with E-state index >= 15 is 0 Å². The van der Waals surface area contributed by atoms with E-state index in [2.05, 4.69) is 0 Å². The van der Waals surface area contributed by atoms with E-state index in [1.54, 1.807) is 19.3 Å². The van der Waals surface area contributed by atoms with Crippen molar-refractivity contribution in [2.24, 2.45) is 5.41 Å². The lowest BCUT2D eigenvalue weighted by molar-refractivity contribution is -0.105. The molecule has 0 amide bonds. The van der Waals surface area contributed by atoms with Crippen molar-refractivity contribution in [1.29, 1.82) is 0 Å². The molecule has 1 aliphatic carbocycles. The van der Waals surface area contributed by atoms with Crippen molar-refractivity contribution in [1.82, 2.24) is 0 Å². The number of hydrogen-bond donors (Lipinski definition) is 1. The van der Waals surface area contributed by atoms with E-state index in [-0.39, 0.29) is 17.1 Å². The van der Waals surface area contributed by atoms with Gasteiger partial charge in [-0.15, -0.1) is 0 Å². The minimum absolute atomic E-state index is 0.150. The number of allylic oxidation sites excluding steroid dienone is 2. The molecule has 0 radical (unpaired) electrons. The fraction of sp³-hybridized carbons (Fsp3) is 0.389. The van der Waals surface area contributed by atoms with Gasteiger partial charge in [0.2, 0.25) is 0 Å². The summed E-state index contributed by atoms with van der Waals surface area (Å²) in [6, 6.07) is 9.66. The van der Waals surface area contributed by atoms with Crippen LogP contribution in [0, 0.1) is 5.41 Å². The first-order valence-corrected chi connectivity index (χ1v) is 7.05. The molecular weight excluding hydrogens is 264 g/mol. The van der Waals surface area contributed by atoms with E-state index in [0.717, 1.165) is 11.8 Å². The number of benzene rings is 1. The lowest BCUT2D eigenvalue weighted by Crippen LogP contribution is -2.47. The lowest BCUT2D eigenvalue weighted by Gasteiger charge is -2.43. The van der Waals surface area contributed by atoms with Gasteiger partial charge in [-0.3, -0.25) is 4.79 Å². The fourth-order valence-electron chi connectivity index (χ4n) is 2.90. The van der Waals surface area contributed by atoms with Gasteiger partial charge in [0.05, 0.1) is 0 Å². The molecule has 0 saturated carbocycles. The third-order valence-corrected chi connectivity index (χ3v) is 4.17. The number of hydrogen-bond acceptors (Lipinski definition) is 3. The van der Waals surface area contributed by atoms with Crippen molar-refractivity contribution in [3.8, 4) is 0 Å². The summed E-state index contributed by atoms with van der Waals surface area (Å²) >= 11 is 0. The summed E-state index contributed by atoms with van der Waals surface area (Å²) in [6.07, 6.45) is 4.32. The molecule has 0 fully saturated rings. The zero-order valence-corrected chi connectivity index (χ0v) is 13.0. The Morgan fingerprint density at radius 3 is 2.33 bits per heavy atom. The van der Waals surface area contributed by atoms with Crippen LogP contribution in [0.25, 0.3) is 0 Å². The first-order valence-electron chi connectivity index (χ1n) is 7.05. The van der Waals surface area contributed by atoms with Crippen LogP contribution in [0.15, 0.2) is 53.8 Å². The highest BCUT2D eigenvalue weighted by atomic mass is 16.5. The number of aliphatic hydroxyl groups excluding tert-OH is 1. The summed E-state index contributed by atoms with van der Waals surface area (Å²) in [5.41, 5.74) is 0.226. The Morgan fingerprint density at radius 2 is 1.86 bits per heavy atom. The molecule has 1 N–H and O–H groups in total. The van der Waals surface area contributed by atoms with E-state index < -0.39 is 5.60 Å². The normalized spacial score (nSPS) is 26.0. The maximum Gasteiger partial charge on any atom is 0.147 e. The van der Waals surface area contributed by atoms with Gasteiger partial charge in [0.25, 0.3) is 0 Å². The molecule has 0 aliphatic heterocycles. The van der Waals surface area contributed by atoms with Crippen LogP contribution in [0.4, 0.5) is 0 Å². The molecule has 1 aromatic carbocycles. The average Bonchev–Trinajstić information content (AvgIpc) is 2.46. The van der Waals surface area contributed by atoms with E-state index in [4.69, 9.17) is 4.74 Å². The summed E-state index contributed by atoms with van der Waals surface area (Å²) in [5, 5.41) is 10.6. The molecular formula is C18H22O3. The Balaban J connectivity index is 2.56. The number of carbonyl (C=O) groups is 1. The van der Waals surface area contributed by atoms with Crippen molar-refractivity contribution >= 4 is 6.29 Å². The topological polar surface area (TPSA) is 46.5 Å². The molecule has 1 aliphatic rings. The van der Waals surface area contributed by atoms with E-state index in [0.29, 0.717) is 5.57 Å². The standard InChI is InChI=1S/C18H22O3/c1-17(2,3)18(21-4)11-14(12-19)15(10-16(18)20)13-8-6-5-7-9-13/h5-12,15,20H,1-4H3. The number of aldehydes is 1. The monoisotopic (exact) mass is 286 g/mol. The Hall–Kier alpha value is -1.87. The van der Waals surface area contributed by atoms with Gasteiger partial charge in [-0.1, -0.05) is 51.1 Å². The van der Waals surface area contributed by atoms with E-state index in [9.17, 15) is 9.90 Å². The predicted molar refractivity (Wildman–Crippen MR) is 83.2 cm³/mol. The fourth-order valence-corrected chi connectivity index (χ4v) is 2.90. The highest BCUT2D eigenvalue weighted by molar-refractivity contribution is 5.78. The molecule has 0 saturated heterocycles. The maximum atomic E-state index is 11.5. The van der Waals surface area contributed by atoms with Crippen molar-refractivity contribution in [2.45, 2.75) is 32.3 Å². The number of rotatable bonds is 3. The van der Waals surface area contributed by atoms with Crippen molar-refractivity contribution < 1.29 is 14.6 Å². The minimum Gasteiger partial charge on any atom is -0.509 e. The van der Waals surface area contributed by atoms with Crippen LogP contribution in [-0.4, -0.2) is 24.1 Å². The lowest BCUT2D eigenvalue weighted by atomic mass is 9.69. The van der Waals surface area contributed by atoms with Gasteiger partial charge in [-0.2, -0.15) is 0 Å². The van der Waals surface area contributed by atoms with Crippen molar-refractivity contribution in [3.63, 3.8) is 0 Å². The zero-order chi connectivity index (χ0) is 15.7. The number of aliphatic hydroxyl groups is 1. The second-order valence-electron chi connectivity index (χ2n) is 6.39. The molecule has 0 bridgehead atoms. The molecule has 0 aromatic heterocycles. The van der Waals surface area contributed by atoms with Gasteiger partial charge in [0.15, 0.2) is 0 Å². The molecule has 3 heteroatoms. The number of methoxy groups -OCH3 is 1. The molecule has 112 valence electrons. The van der Waals surface area contributed by atoms with Crippen LogP contribution < -0.4 is 0 Å². The van der Waals surface area contributed by atoms with Gasteiger partial charge in [-0.05, 0) is 17.7 Å². The van der Waals surface area contributed by atoms with Crippen LogP contribution in [0.1, 0.15) is 32.3 Å². The van der Waals surface area contributed by atoms with Crippen LogP contribution in [-0.2, 0) is 9.53 Å². The summed E-state index contributed by atoms with van der Waals surface area (Å²) < 4.78 is 5.62. The van der Waals surface area contributed by atoms with Crippen LogP contribution in [0.3, 0.4) is 0 Å². The molecule has 21 heavy (non-hydrogen) atoms. The minimum atomic E-state index is -0.978. The Kier molecular flexibility index (Phi) is 4.06. The second-order valence-corrected chi connectivity index (χ2v) is 6.39. The number of carbonyl (C=O) groups excluding carboxylic acids is 1. The molecule has 2 unspecified atom stereocenters. The van der Waals surface area contributed by atoms with Crippen LogP contribution in [0.2, 0.25) is 0 Å². The molecule has 2 atom stereocenters. The first kappa shape index (κ1) is 15.5. The van der Waals surface area contributed by atoms with Crippen molar-refractivity contribution in [3.05, 3.63) is 59.4 Å². The van der Waals surface area contributed by atoms with Gasteiger partial charge in [0.1, 0.15) is 17.6 Å². The van der Waals surface area contributed by atoms with Gasteiger partial charge in [0, 0.05) is 24.0 Å². The SMILES string of the molecule is COC1(C(C)(C)C)C=C(C=O)C(c2ccccc2)C=C1O. The summed E-state index contributed by atoms with van der Waals surface area (Å²) in [6.45, 7) is 5.92. The van der Waals surface area contributed by atoms with E-state index in [1.807, 2.05) is 51.1 Å². The van der Waals surface area contributed by atoms with E-state index in [1.165, 1.54) is 0 Å². The maximum absolute atomic E-state index is 11.5. The molecule has 2 rings (SSSR count). The number of ether oxygens (including phenoxy) is 1. The van der Waals surface area contributed by atoms with Gasteiger partial charge < -0.3 is 9.84 Å². The average molecular weight is 286 g/mol. The smallest absolute Gasteiger partial charge is 0.147 e. The first-order chi connectivity index (χ1) is 9.85. The summed E-state index contributed by atoms with van der Waals surface area (Å²) in [7, 11) is 1.55. The zero-order valence-electron chi connectivity index (χ0n) is 13.0. The molecule has 3 nitrogen and oxygen atoms in total. The summed E-state index contributed by atoms with van der Waals surface area (Å²) in [5.74, 6) is -0.0914. The quantitative estimate of drug-likeness (QED) is 0.860. The molecule has 0 spiro atoms. The Morgan fingerprint density at radius 1 is 1.24 bits per heavy atom. The van der Waals surface area contributed by atoms with Crippen LogP contribution in [0.5, 0.6) is 0 Å². The highest BCUT2D eigenvalue weighted by Gasteiger charge is 2.47. The second kappa shape index (κ2) is 5.49. The summed E-state index contributed by atoms with van der Waals surface area (Å²) in [4.78, 5) is 11.5. The molecule has 1 aromatic rings.